The standard InChI is InChI=1S/C17H23NO4/c1-11-5-7-13(8-6-11)15-14(4-3-9-22-15)10-18-16(19)12(2)17(20)21/h5-8,12,14-15H,3-4,9-10H2,1-2H3,(H,18,19)(H,20,21). The molecule has 3 atom stereocenters. The van der Waals surface area contributed by atoms with Crippen LogP contribution in [0, 0.1) is 18.8 Å². The van der Waals surface area contributed by atoms with E-state index < -0.39 is 17.8 Å². The Labute approximate surface area is 130 Å². The van der Waals surface area contributed by atoms with E-state index in [2.05, 4.69) is 29.6 Å². The SMILES string of the molecule is Cc1ccc(C2OCCCC2CNC(=O)C(C)C(=O)O)cc1. The van der Waals surface area contributed by atoms with Crippen molar-refractivity contribution in [2.45, 2.75) is 32.8 Å². The summed E-state index contributed by atoms with van der Waals surface area (Å²) in [6.45, 7) is 4.59. The molecule has 0 aromatic heterocycles. The first-order chi connectivity index (χ1) is 10.5. The fourth-order valence-electron chi connectivity index (χ4n) is 2.67. The lowest BCUT2D eigenvalue weighted by Crippen LogP contribution is -2.39. The highest BCUT2D eigenvalue weighted by Crippen LogP contribution is 2.33. The van der Waals surface area contributed by atoms with E-state index in [1.54, 1.807) is 0 Å². The Bertz CT molecular complexity index is 526. The normalized spacial score (nSPS) is 22.8. The number of amides is 1. The highest BCUT2D eigenvalue weighted by molar-refractivity contribution is 5.96. The van der Waals surface area contributed by atoms with Crippen LogP contribution in [-0.4, -0.2) is 30.1 Å². The molecule has 120 valence electrons. The van der Waals surface area contributed by atoms with Crippen LogP contribution in [0.1, 0.15) is 37.0 Å². The van der Waals surface area contributed by atoms with Gasteiger partial charge in [0.05, 0.1) is 6.10 Å². The van der Waals surface area contributed by atoms with Crippen LogP contribution in [0.15, 0.2) is 24.3 Å². The molecule has 1 aromatic rings. The number of carboxylic acid groups (broad SMARTS) is 1. The number of nitrogens with one attached hydrogen (secondary N) is 1. The highest BCUT2D eigenvalue weighted by Gasteiger charge is 2.29. The molecule has 0 saturated carbocycles. The molecule has 1 amide bonds. The zero-order valence-electron chi connectivity index (χ0n) is 13.0. The second kappa shape index (κ2) is 7.40. The van der Waals surface area contributed by atoms with Crippen molar-refractivity contribution in [3.05, 3.63) is 35.4 Å². The second-order valence-electron chi connectivity index (χ2n) is 5.91. The summed E-state index contributed by atoms with van der Waals surface area (Å²) in [5.41, 5.74) is 2.30. The average Bonchev–Trinajstić information content (AvgIpc) is 2.53. The van der Waals surface area contributed by atoms with Crippen LogP contribution in [0.25, 0.3) is 0 Å². The lowest BCUT2D eigenvalue weighted by Gasteiger charge is -2.32. The number of carbonyl (C=O) groups excluding carboxylic acids is 1. The van der Waals surface area contributed by atoms with Gasteiger partial charge in [-0.1, -0.05) is 29.8 Å². The minimum atomic E-state index is -1.10. The molecule has 1 aliphatic rings. The maximum Gasteiger partial charge on any atom is 0.315 e. The molecule has 0 radical (unpaired) electrons. The quantitative estimate of drug-likeness (QED) is 0.819. The molecular weight excluding hydrogens is 282 g/mol. The number of aryl methyl sites for hydroxylation is 1. The number of ether oxygens (including phenoxy) is 1. The minimum absolute atomic E-state index is 0.0465. The van der Waals surface area contributed by atoms with Crippen LogP contribution < -0.4 is 5.32 Å². The Hall–Kier alpha value is -1.88. The molecule has 2 rings (SSSR count). The molecular formula is C17H23NO4. The summed E-state index contributed by atoms with van der Waals surface area (Å²) in [5, 5.41) is 11.6. The Morgan fingerprint density at radius 2 is 2.05 bits per heavy atom. The third-order valence-corrected chi connectivity index (χ3v) is 4.15. The molecule has 22 heavy (non-hydrogen) atoms. The summed E-state index contributed by atoms with van der Waals surface area (Å²) in [4.78, 5) is 22.6. The van der Waals surface area contributed by atoms with Crippen molar-refractivity contribution in [3.8, 4) is 0 Å². The number of hydrogen-bond donors (Lipinski definition) is 2. The number of aliphatic carboxylic acids is 1. The Balaban J connectivity index is 1.99. The van der Waals surface area contributed by atoms with Crippen LogP contribution in [0.3, 0.4) is 0 Å². The summed E-state index contributed by atoms with van der Waals surface area (Å²) in [7, 11) is 0. The molecule has 0 aliphatic carbocycles. The van der Waals surface area contributed by atoms with Gasteiger partial charge >= 0.3 is 5.97 Å². The first-order valence-electron chi connectivity index (χ1n) is 7.67. The fraction of sp³-hybridized carbons (Fsp3) is 0.529. The van der Waals surface area contributed by atoms with Gasteiger partial charge in [-0.15, -0.1) is 0 Å². The smallest absolute Gasteiger partial charge is 0.315 e. The van der Waals surface area contributed by atoms with Gasteiger partial charge in [0.2, 0.25) is 5.91 Å². The van der Waals surface area contributed by atoms with Crippen LogP contribution in [-0.2, 0) is 14.3 Å². The van der Waals surface area contributed by atoms with E-state index in [9.17, 15) is 9.59 Å². The Kier molecular flexibility index (Phi) is 5.55. The van der Waals surface area contributed by atoms with E-state index in [0.29, 0.717) is 13.2 Å². The molecule has 1 fully saturated rings. The molecule has 1 heterocycles. The van der Waals surface area contributed by atoms with E-state index >= 15 is 0 Å². The van der Waals surface area contributed by atoms with Gasteiger partial charge in [-0.05, 0) is 32.3 Å². The summed E-state index contributed by atoms with van der Waals surface area (Å²) < 4.78 is 5.89. The number of carbonyl (C=O) groups is 2. The van der Waals surface area contributed by atoms with Crippen molar-refractivity contribution >= 4 is 11.9 Å². The number of rotatable bonds is 5. The van der Waals surface area contributed by atoms with Crippen molar-refractivity contribution in [2.75, 3.05) is 13.2 Å². The maximum absolute atomic E-state index is 11.8. The zero-order valence-corrected chi connectivity index (χ0v) is 13.0. The molecule has 0 spiro atoms. The summed E-state index contributed by atoms with van der Waals surface area (Å²) in [6.07, 6.45) is 1.87. The second-order valence-corrected chi connectivity index (χ2v) is 5.91. The third kappa shape index (κ3) is 4.07. The summed E-state index contributed by atoms with van der Waals surface area (Å²) in [6, 6.07) is 8.21. The Morgan fingerprint density at radius 3 is 2.68 bits per heavy atom. The molecule has 1 aromatic carbocycles. The first kappa shape index (κ1) is 16.5. The molecule has 3 unspecified atom stereocenters. The van der Waals surface area contributed by atoms with Gasteiger partial charge in [-0.2, -0.15) is 0 Å². The van der Waals surface area contributed by atoms with E-state index in [-0.39, 0.29) is 12.0 Å². The van der Waals surface area contributed by atoms with Crippen molar-refractivity contribution < 1.29 is 19.4 Å². The maximum atomic E-state index is 11.8. The summed E-state index contributed by atoms with van der Waals surface area (Å²) in [5.74, 6) is -2.41. The molecule has 0 bridgehead atoms. The number of carboxylic acids is 1. The fourth-order valence-corrected chi connectivity index (χ4v) is 2.67. The molecule has 1 saturated heterocycles. The molecule has 1 aliphatic heterocycles. The van der Waals surface area contributed by atoms with E-state index in [0.717, 1.165) is 18.4 Å². The van der Waals surface area contributed by atoms with Crippen molar-refractivity contribution in [2.24, 2.45) is 11.8 Å². The monoisotopic (exact) mass is 305 g/mol. The predicted molar refractivity (Wildman–Crippen MR) is 82.4 cm³/mol. The van der Waals surface area contributed by atoms with E-state index in [4.69, 9.17) is 9.84 Å². The minimum Gasteiger partial charge on any atom is -0.481 e. The van der Waals surface area contributed by atoms with Crippen LogP contribution in [0.5, 0.6) is 0 Å². The molecule has 5 heteroatoms. The molecule has 2 N–H and O–H groups in total. The summed E-state index contributed by atoms with van der Waals surface area (Å²) >= 11 is 0. The lowest BCUT2D eigenvalue weighted by atomic mass is 9.89. The van der Waals surface area contributed by atoms with Gasteiger partial charge in [0.25, 0.3) is 0 Å². The highest BCUT2D eigenvalue weighted by atomic mass is 16.5. The molecule has 5 nitrogen and oxygen atoms in total. The average molecular weight is 305 g/mol. The van der Waals surface area contributed by atoms with Crippen molar-refractivity contribution in [1.82, 2.24) is 5.32 Å². The van der Waals surface area contributed by atoms with Gasteiger partial charge < -0.3 is 15.2 Å². The van der Waals surface area contributed by atoms with E-state index in [1.165, 1.54) is 12.5 Å². The van der Waals surface area contributed by atoms with Gasteiger partial charge in [0.1, 0.15) is 5.92 Å². The number of hydrogen-bond acceptors (Lipinski definition) is 3. The lowest BCUT2D eigenvalue weighted by molar-refractivity contribution is -0.146. The zero-order chi connectivity index (χ0) is 16.1. The van der Waals surface area contributed by atoms with Gasteiger partial charge in [-0.3, -0.25) is 9.59 Å². The Morgan fingerprint density at radius 1 is 1.36 bits per heavy atom. The largest absolute Gasteiger partial charge is 0.481 e. The van der Waals surface area contributed by atoms with Crippen LogP contribution >= 0.6 is 0 Å². The van der Waals surface area contributed by atoms with Crippen molar-refractivity contribution in [3.63, 3.8) is 0 Å². The van der Waals surface area contributed by atoms with Crippen LogP contribution in [0.2, 0.25) is 0 Å². The third-order valence-electron chi connectivity index (χ3n) is 4.15. The van der Waals surface area contributed by atoms with Crippen LogP contribution in [0.4, 0.5) is 0 Å². The van der Waals surface area contributed by atoms with Gasteiger partial charge in [-0.25, -0.2) is 0 Å². The van der Waals surface area contributed by atoms with Gasteiger partial charge in [0.15, 0.2) is 0 Å². The van der Waals surface area contributed by atoms with Gasteiger partial charge in [0, 0.05) is 19.1 Å². The number of benzene rings is 1. The van der Waals surface area contributed by atoms with E-state index in [1.807, 2.05) is 6.92 Å². The van der Waals surface area contributed by atoms with Crippen molar-refractivity contribution in [1.29, 1.82) is 0 Å². The predicted octanol–water partition coefficient (Wildman–Crippen LogP) is 2.30. The first-order valence-corrected chi connectivity index (χ1v) is 7.67. The topological polar surface area (TPSA) is 75.6 Å².